The highest BCUT2D eigenvalue weighted by Crippen LogP contribution is 2.33. The molecule has 0 bridgehead atoms. The Morgan fingerprint density at radius 2 is 1.55 bits per heavy atom. The maximum absolute atomic E-state index is 6.10. The molecule has 0 aliphatic rings. The Labute approximate surface area is 180 Å². The van der Waals surface area contributed by atoms with Gasteiger partial charge in [0, 0.05) is 16.3 Å². The van der Waals surface area contributed by atoms with Gasteiger partial charge in [-0.05, 0) is 47.4 Å². The van der Waals surface area contributed by atoms with E-state index in [1.807, 2.05) is 30.3 Å². The van der Waals surface area contributed by atoms with Crippen molar-refractivity contribution in [3.63, 3.8) is 0 Å². The summed E-state index contributed by atoms with van der Waals surface area (Å²) in [5.41, 5.74) is 4.64. The largest absolute Gasteiger partial charge is 0.270 e. The molecule has 3 aromatic carbocycles. The molecule has 0 atom stereocenters. The Hall–Kier alpha value is -2.56. The minimum atomic E-state index is 0.388. The molecule has 3 nitrogen and oxygen atoms in total. The van der Waals surface area contributed by atoms with E-state index >= 15 is 0 Å². The molecule has 0 radical (unpaired) electrons. The topological polar surface area (TPSA) is 30.7 Å². The van der Waals surface area contributed by atoms with Crippen LogP contribution in [0, 0.1) is 0 Å². The molecular weight excluding hydrogens is 398 g/mol. The van der Waals surface area contributed by atoms with Crippen LogP contribution in [0.3, 0.4) is 0 Å². The van der Waals surface area contributed by atoms with E-state index in [0.29, 0.717) is 10.9 Å². The quantitative estimate of drug-likeness (QED) is 0.315. The monoisotopic (exact) mass is 419 g/mol. The number of para-hydroxylation sites is 1. The average molecular weight is 420 g/mol. The number of aromatic nitrogens is 3. The summed E-state index contributed by atoms with van der Waals surface area (Å²) in [6.45, 7) is 4.42. The van der Waals surface area contributed by atoms with Crippen molar-refractivity contribution in [2.24, 2.45) is 0 Å². The first-order chi connectivity index (χ1) is 14.1. The molecule has 0 aliphatic carbocycles. The van der Waals surface area contributed by atoms with E-state index in [4.69, 9.17) is 11.6 Å². The first-order valence-corrected chi connectivity index (χ1v) is 11.0. The fourth-order valence-electron chi connectivity index (χ4n) is 3.27. The van der Waals surface area contributed by atoms with Gasteiger partial charge in [0.05, 0.1) is 5.69 Å². The standard InChI is InChI=1S/C24H22ClN3S/c1-17(2)21-10-6-7-11-22(21)28-23(19-12-14-20(25)15-13-19)26-27-24(28)29-16-18-8-4-3-5-9-18/h3-15,17H,16H2,1-2H3. The van der Waals surface area contributed by atoms with Crippen LogP contribution in [0.4, 0.5) is 0 Å². The second kappa shape index (κ2) is 8.85. The van der Waals surface area contributed by atoms with Crippen LogP contribution in [-0.2, 0) is 5.75 Å². The van der Waals surface area contributed by atoms with Crippen molar-refractivity contribution in [2.75, 3.05) is 0 Å². The fourth-order valence-corrected chi connectivity index (χ4v) is 4.29. The Bertz CT molecular complexity index is 1090. The molecular formula is C24H22ClN3S. The number of halogens is 1. The van der Waals surface area contributed by atoms with Crippen molar-refractivity contribution < 1.29 is 0 Å². The molecule has 4 aromatic rings. The number of nitrogens with zero attached hydrogens (tertiary/aromatic N) is 3. The molecule has 1 heterocycles. The summed E-state index contributed by atoms with van der Waals surface area (Å²) in [5, 5.41) is 10.7. The van der Waals surface area contributed by atoms with Gasteiger partial charge in [0.15, 0.2) is 11.0 Å². The van der Waals surface area contributed by atoms with E-state index in [1.165, 1.54) is 11.1 Å². The third kappa shape index (κ3) is 4.39. The maximum Gasteiger partial charge on any atom is 0.196 e. The molecule has 4 rings (SSSR count). The van der Waals surface area contributed by atoms with E-state index in [9.17, 15) is 0 Å². The highest BCUT2D eigenvalue weighted by molar-refractivity contribution is 7.98. The van der Waals surface area contributed by atoms with Crippen molar-refractivity contribution in [1.29, 1.82) is 0 Å². The molecule has 0 unspecified atom stereocenters. The lowest BCUT2D eigenvalue weighted by molar-refractivity contribution is 0.818. The van der Waals surface area contributed by atoms with Gasteiger partial charge in [0.25, 0.3) is 0 Å². The molecule has 0 aliphatic heterocycles. The van der Waals surface area contributed by atoms with Crippen LogP contribution in [0.25, 0.3) is 17.1 Å². The van der Waals surface area contributed by atoms with E-state index in [0.717, 1.165) is 28.0 Å². The highest BCUT2D eigenvalue weighted by atomic mass is 35.5. The summed E-state index contributed by atoms with van der Waals surface area (Å²) in [5.74, 6) is 2.05. The lowest BCUT2D eigenvalue weighted by Crippen LogP contribution is -2.04. The lowest BCUT2D eigenvalue weighted by Gasteiger charge is -2.17. The van der Waals surface area contributed by atoms with E-state index in [-0.39, 0.29) is 0 Å². The van der Waals surface area contributed by atoms with Crippen molar-refractivity contribution in [3.05, 3.63) is 95.0 Å². The van der Waals surface area contributed by atoms with Crippen molar-refractivity contribution in [2.45, 2.75) is 30.7 Å². The fraction of sp³-hybridized carbons (Fsp3) is 0.167. The predicted octanol–water partition coefficient (Wildman–Crippen LogP) is 7.00. The summed E-state index contributed by atoms with van der Waals surface area (Å²) in [6.07, 6.45) is 0. The van der Waals surface area contributed by atoms with Crippen molar-refractivity contribution in [1.82, 2.24) is 14.8 Å². The Morgan fingerprint density at radius 1 is 0.862 bits per heavy atom. The third-order valence-electron chi connectivity index (χ3n) is 4.75. The summed E-state index contributed by atoms with van der Waals surface area (Å²) < 4.78 is 2.17. The van der Waals surface area contributed by atoms with Gasteiger partial charge in [0.1, 0.15) is 0 Å². The molecule has 146 valence electrons. The van der Waals surface area contributed by atoms with Crippen LogP contribution in [0.5, 0.6) is 0 Å². The smallest absolute Gasteiger partial charge is 0.196 e. The second-order valence-corrected chi connectivity index (χ2v) is 8.52. The average Bonchev–Trinajstić information content (AvgIpc) is 3.17. The molecule has 5 heteroatoms. The SMILES string of the molecule is CC(C)c1ccccc1-n1c(SCc2ccccc2)nnc1-c1ccc(Cl)cc1. The minimum absolute atomic E-state index is 0.388. The van der Waals surface area contributed by atoms with Crippen LogP contribution >= 0.6 is 23.4 Å². The molecule has 1 aromatic heterocycles. The molecule has 0 N–H and O–H groups in total. The molecule has 0 amide bonds. The molecule has 0 spiro atoms. The zero-order valence-corrected chi connectivity index (χ0v) is 18.0. The summed E-state index contributed by atoms with van der Waals surface area (Å²) in [4.78, 5) is 0. The molecule has 0 saturated heterocycles. The van der Waals surface area contributed by atoms with Crippen molar-refractivity contribution >= 4 is 23.4 Å². The normalized spacial score (nSPS) is 11.2. The number of hydrogen-bond acceptors (Lipinski definition) is 3. The summed E-state index contributed by atoms with van der Waals surface area (Å²) in [7, 11) is 0. The number of rotatable bonds is 6. The highest BCUT2D eigenvalue weighted by Gasteiger charge is 2.19. The first-order valence-electron chi connectivity index (χ1n) is 9.61. The van der Waals surface area contributed by atoms with Gasteiger partial charge in [-0.15, -0.1) is 10.2 Å². The van der Waals surface area contributed by atoms with Crippen LogP contribution in [0.1, 0.15) is 30.9 Å². The van der Waals surface area contributed by atoms with Gasteiger partial charge < -0.3 is 0 Å². The van der Waals surface area contributed by atoms with Gasteiger partial charge in [0.2, 0.25) is 0 Å². The van der Waals surface area contributed by atoms with Gasteiger partial charge in [-0.3, -0.25) is 4.57 Å². The Kier molecular flexibility index (Phi) is 6.02. The van der Waals surface area contributed by atoms with E-state index in [2.05, 4.69) is 77.1 Å². The third-order valence-corrected chi connectivity index (χ3v) is 6.00. The predicted molar refractivity (Wildman–Crippen MR) is 122 cm³/mol. The van der Waals surface area contributed by atoms with E-state index in [1.54, 1.807) is 11.8 Å². The zero-order valence-electron chi connectivity index (χ0n) is 16.4. The van der Waals surface area contributed by atoms with Gasteiger partial charge in [-0.25, -0.2) is 0 Å². The maximum atomic E-state index is 6.10. The van der Waals surface area contributed by atoms with Crippen LogP contribution in [-0.4, -0.2) is 14.8 Å². The van der Waals surface area contributed by atoms with Crippen molar-refractivity contribution in [3.8, 4) is 17.1 Å². The zero-order chi connectivity index (χ0) is 20.2. The molecule has 0 fully saturated rings. The second-order valence-electron chi connectivity index (χ2n) is 7.14. The minimum Gasteiger partial charge on any atom is -0.270 e. The van der Waals surface area contributed by atoms with Crippen LogP contribution in [0.2, 0.25) is 5.02 Å². The Morgan fingerprint density at radius 3 is 2.28 bits per heavy atom. The summed E-state index contributed by atoms with van der Waals surface area (Å²) >= 11 is 7.80. The number of hydrogen-bond donors (Lipinski definition) is 0. The van der Waals surface area contributed by atoms with Gasteiger partial charge >= 0.3 is 0 Å². The van der Waals surface area contributed by atoms with Crippen LogP contribution in [0.15, 0.2) is 84.0 Å². The number of thioether (sulfide) groups is 1. The van der Waals surface area contributed by atoms with Crippen LogP contribution < -0.4 is 0 Å². The number of benzene rings is 3. The molecule has 29 heavy (non-hydrogen) atoms. The lowest BCUT2D eigenvalue weighted by atomic mass is 10.0. The first kappa shape index (κ1) is 19.7. The summed E-state index contributed by atoms with van der Waals surface area (Å²) in [6, 6.07) is 26.7. The Balaban J connectivity index is 1.81. The molecule has 0 saturated carbocycles. The van der Waals surface area contributed by atoms with Gasteiger partial charge in [-0.2, -0.15) is 0 Å². The van der Waals surface area contributed by atoms with E-state index < -0.39 is 0 Å². The van der Waals surface area contributed by atoms with Gasteiger partial charge in [-0.1, -0.05) is 85.7 Å².